The number of thioether (sulfide) groups is 1. The van der Waals surface area contributed by atoms with Crippen LogP contribution in [0.1, 0.15) is 11.4 Å². The first-order valence-electron chi connectivity index (χ1n) is 12.6. The van der Waals surface area contributed by atoms with E-state index in [-0.39, 0.29) is 29.6 Å². The lowest BCUT2D eigenvalue weighted by atomic mass is 10.1. The number of carboxylic acid groups (broad SMARTS) is 1. The second-order valence-corrected chi connectivity index (χ2v) is 9.90. The van der Waals surface area contributed by atoms with Crippen LogP contribution in [-0.4, -0.2) is 55.6 Å². The normalized spacial score (nSPS) is 11.8. The largest absolute Gasteiger partial charge is 0.497 e. The van der Waals surface area contributed by atoms with Crippen molar-refractivity contribution in [3.63, 3.8) is 0 Å². The first kappa shape index (κ1) is 27.7. The lowest BCUT2D eigenvalue weighted by Gasteiger charge is -2.15. The molecule has 3 N–H and O–H groups in total. The Bertz CT molecular complexity index is 1670. The van der Waals surface area contributed by atoms with Crippen molar-refractivity contribution >= 4 is 34.5 Å². The summed E-state index contributed by atoms with van der Waals surface area (Å²) in [5, 5.41) is 21.8. The van der Waals surface area contributed by atoms with Crippen LogP contribution in [-0.2, 0) is 22.6 Å². The van der Waals surface area contributed by atoms with Gasteiger partial charge in [-0.1, -0.05) is 42.1 Å². The number of rotatable bonds is 12. The molecule has 2 heterocycles. The first-order valence-corrected chi connectivity index (χ1v) is 13.6. The maximum atomic E-state index is 14.8. The van der Waals surface area contributed by atoms with Crippen molar-refractivity contribution in [3.05, 3.63) is 96.2 Å². The molecule has 41 heavy (non-hydrogen) atoms. The Morgan fingerprint density at radius 1 is 1.05 bits per heavy atom. The Labute approximate surface area is 238 Å². The van der Waals surface area contributed by atoms with E-state index >= 15 is 0 Å². The number of carbonyl (C=O) groups excluding carboxylic acids is 1. The maximum Gasteiger partial charge on any atom is 0.326 e. The molecular weight excluding hydrogens is 549 g/mol. The average Bonchev–Trinajstić information content (AvgIpc) is 3.59. The van der Waals surface area contributed by atoms with E-state index in [0.29, 0.717) is 17.3 Å². The summed E-state index contributed by atoms with van der Waals surface area (Å²) < 4.78 is 27.3. The van der Waals surface area contributed by atoms with Crippen molar-refractivity contribution in [1.82, 2.24) is 25.1 Å². The number of methoxy groups -OCH3 is 1. The quantitative estimate of drug-likeness (QED) is 0.187. The fourth-order valence-electron chi connectivity index (χ4n) is 4.27. The summed E-state index contributed by atoms with van der Waals surface area (Å²) in [4.78, 5) is 27.9. The van der Waals surface area contributed by atoms with Crippen molar-refractivity contribution in [2.45, 2.75) is 24.2 Å². The summed E-state index contributed by atoms with van der Waals surface area (Å²) in [6, 6.07) is 19.5. The number of para-hydroxylation sites is 2. The molecule has 3 aromatic carbocycles. The minimum Gasteiger partial charge on any atom is -0.497 e. The van der Waals surface area contributed by atoms with E-state index in [0.717, 1.165) is 28.2 Å². The number of aromatic amines is 1. The Kier molecular flexibility index (Phi) is 8.49. The number of aromatic nitrogens is 4. The Hall–Kier alpha value is -4.84. The molecule has 1 atom stereocenters. The molecule has 0 saturated heterocycles. The molecule has 5 rings (SSSR count). The van der Waals surface area contributed by atoms with Crippen molar-refractivity contribution in [1.29, 1.82) is 0 Å². The van der Waals surface area contributed by atoms with Crippen molar-refractivity contribution < 1.29 is 28.6 Å². The highest BCUT2D eigenvalue weighted by Gasteiger charge is 2.23. The number of hydrogen-bond donors (Lipinski definition) is 3. The lowest BCUT2D eigenvalue weighted by molar-refractivity contribution is -0.141. The molecule has 5 aromatic rings. The minimum absolute atomic E-state index is 0.0217. The summed E-state index contributed by atoms with van der Waals surface area (Å²) in [5.41, 5.74) is 1.85. The van der Waals surface area contributed by atoms with E-state index in [4.69, 9.17) is 9.47 Å². The molecule has 0 saturated carbocycles. The van der Waals surface area contributed by atoms with Gasteiger partial charge in [-0.3, -0.25) is 9.36 Å². The van der Waals surface area contributed by atoms with Crippen LogP contribution in [0.15, 0.2) is 84.1 Å². The Morgan fingerprint density at radius 2 is 1.78 bits per heavy atom. The number of fused-ring (bicyclic) bond motifs is 1. The zero-order valence-electron chi connectivity index (χ0n) is 21.9. The summed E-state index contributed by atoms with van der Waals surface area (Å²) in [6.07, 6.45) is 1.85. The SMILES string of the molecule is COc1ccc(OCc2nnc(SCC(=O)N[C@H](Cc3c[nH]c4ccccc34)C(=O)O)n2-c2ccccc2F)cc1. The van der Waals surface area contributed by atoms with Crippen LogP contribution >= 0.6 is 11.8 Å². The van der Waals surface area contributed by atoms with Crippen LogP contribution in [0.4, 0.5) is 4.39 Å². The Balaban J connectivity index is 1.29. The van der Waals surface area contributed by atoms with E-state index < -0.39 is 23.7 Å². The topological polar surface area (TPSA) is 131 Å². The number of H-pyrrole nitrogens is 1. The molecule has 0 bridgehead atoms. The van der Waals surface area contributed by atoms with Gasteiger partial charge < -0.3 is 24.9 Å². The van der Waals surface area contributed by atoms with Gasteiger partial charge in [-0.25, -0.2) is 9.18 Å². The van der Waals surface area contributed by atoms with Crippen molar-refractivity contribution in [3.8, 4) is 17.2 Å². The van der Waals surface area contributed by atoms with Crippen molar-refractivity contribution in [2.75, 3.05) is 12.9 Å². The van der Waals surface area contributed by atoms with Gasteiger partial charge in [-0.05, 0) is 48.0 Å². The zero-order chi connectivity index (χ0) is 28.8. The fraction of sp³-hybridized carbons (Fsp3) is 0.172. The molecule has 10 nitrogen and oxygen atoms in total. The van der Waals surface area contributed by atoms with Gasteiger partial charge in [-0.2, -0.15) is 0 Å². The second kappa shape index (κ2) is 12.6. The number of nitrogens with zero attached hydrogens (tertiary/aromatic N) is 3. The number of aliphatic carboxylic acids is 1. The third-order valence-electron chi connectivity index (χ3n) is 6.29. The summed E-state index contributed by atoms with van der Waals surface area (Å²) in [6.45, 7) is -0.0217. The van der Waals surface area contributed by atoms with E-state index in [9.17, 15) is 19.1 Å². The highest BCUT2D eigenvalue weighted by atomic mass is 32.2. The number of amides is 1. The van der Waals surface area contributed by atoms with Crippen LogP contribution in [0.25, 0.3) is 16.6 Å². The predicted molar refractivity (Wildman–Crippen MR) is 151 cm³/mol. The average molecular weight is 576 g/mol. The van der Waals surface area contributed by atoms with E-state index in [1.54, 1.807) is 55.8 Å². The number of nitrogens with one attached hydrogen (secondary N) is 2. The zero-order valence-corrected chi connectivity index (χ0v) is 22.7. The Morgan fingerprint density at radius 3 is 2.54 bits per heavy atom. The molecule has 0 aliphatic rings. The van der Waals surface area contributed by atoms with Gasteiger partial charge in [-0.15, -0.1) is 10.2 Å². The van der Waals surface area contributed by atoms with Crippen LogP contribution in [0, 0.1) is 5.82 Å². The molecule has 0 aliphatic carbocycles. The summed E-state index contributed by atoms with van der Waals surface area (Å²) >= 11 is 1.01. The molecule has 0 unspecified atom stereocenters. The molecule has 0 aliphatic heterocycles. The molecular formula is C29H26FN5O5S. The van der Waals surface area contributed by atoms with Gasteiger partial charge >= 0.3 is 5.97 Å². The standard InChI is InChI=1S/C29H26FN5O5S/c1-39-19-10-12-20(13-11-19)40-16-26-33-34-29(35(26)25-9-5-3-7-22(25)30)41-17-27(36)32-24(28(37)38)14-18-15-31-23-8-4-2-6-21(18)23/h2-13,15,24,31H,14,16-17H2,1H3,(H,32,36)(H,37,38)/t24-/m1/s1. The van der Waals surface area contributed by atoms with Gasteiger partial charge in [0.05, 0.1) is 18.6 Å². The van der Waals surface area contributed by atoms with Gasteiger partial charge in [0.2, 0.25) is 5.91 Å². The van der Waals surface area contributed by atoms with Crippen LogP contribution in [0.3, 0.4) is 0 Å². The molecule has 0 radical (unpaired) electrons. The fourth-order valence-corrected chi connectivity index (χ4v) is 5.04. The lowest BCUT2D eigenvalue weighted by Crippen LogP contribution is -2.43. The number of carboxylic acids is 1. The molecule has 210 valence electrons. The molecule has 0 spiro atoms. The van der Waals surface area contributed by atoms with E-state index in [1.165, 1.54) is 10.6 Å². The van der Waals surface area contributed by atoms with E-state index in [2.05, 4.69) is 20.5 Å². The summed E-state index contributed by atoms with van der Waals surface area (Å²) in [7, 11) is 1.57. The molecule has 12 heteroatoms. The summed E-state index contributed by atoms with van der Waals surface area (Å²) in [5.74, 6) is -0.787. The number of ether oxygens (including phenoxy) is 2. The molecule has 0 fully saturated rings. The predicted octanol–water partition coefficient (Wildman–Crippen LogP) is 4.38. The monoisotopic (exact) mass is 575 g/mol. The van der Waals surface area contributed by atoms with Gasteiger partial charge in [0, 0.05) is 23.5 Å². The molecule has 2 aromatic heterocycles. The molecule has 1 amide bonds. The first-order chi connectivity index (χ1) is 19.9. The van der Waals surface area contributed by atoms with Crippen LogP contribution in [0.2, 0.25) is 0 Å². The van der Waals surface area contributed by atoms with Crippen LogP contribution in [0.5, 0.6) is 11.5 Å². The second-order valence-electron chi connectivity index (χ2n) is 8.96. The highest BCUT2D eigenvalue weighted by molar-refractivity contribution is 7.99. The third kappa shape index (κ3) is 6.49. The number of carbonyl (C=O) groups is 2. The maximum absolute atomic E-state index is 14.8. The van der Waals surface area contributed by atoms with Crippen molar-refractivity contribution in [2.24, 2.45) is 0 Å². The van der Waals surface area contributed by atoms with Crippen LogP contribution < -0.4 is 14.8 Å². The smallest absolute Gasteiger partial charge is 0.326 e. The number of halogens is 1. The van der Waals surface area contributed by atoms with Gasteiger partial charge in [0.1, 0.15) is 30.0 Å². The third-order valence-corrected chi connectivity index (χ3v) is 7.21. The van der Waals surface area contributed by atoms with Gasteiger partial charge in [0.25, 0.3) is 0 Å². The minimum atomic E-state index is -1.15. The number of benzene rings is 3. The number of hydrogen-bond acceptors (Lipinski definition) is 7. The highest BCUT2D eigenvalue weighted by Crippen LogP contribution is 2.26. The van der Waals surface area contributed by atoms with E-state index in [1.807, 2.05) is 24.3 Å². The van der Waals surface area contributed by atoms with Gasteiger partial charge in [0.15, 0.2) is 11.0 Å².